The Balaban J connectivity index is 2.40. The van der Waals surface area contributed by atoms with Gasteiger partial charge < -0.3 is 9.84 Å². The molecule has 1 heterocycles. The summed E-state index contributed by atoms with van der Waals surface area (Å²) < 4.78 is 32.1. The Hall–Kier alpha value is -1.65. The summed E-state index contributed by atoms with van der Waals surface area (Å²) in [6.07, 6.45) is 0.471. The molecule has 92 valence electrons. The molecule has 1 N–H and O–H groups in total. The van der Waals surface area contributed by atoms with Gasteiger partial charge in [-0.3, -0.25) is 4.79 Å². The summed E-state index contributed by atoms with van der Waals surface area (Å²) in [5.41, 5.74) is 0.726. The van der Waals surface area contributed by atoms with E-state index in [0.717, 1.165) is 6.07 Å². The molecule has 0 aromatic heterocycles. The molecule has 0 aliphatic carbocycles. The summed E-state index contributed by atoms with van der Waals surface area (Å²) in [6.45, 7) is 1.80. The predicted octanol–water partition coefficient (Wildman–Crippen LogP) is 2.16. The minimum Gasteiger partial charge on any atom is -0.490 e. The van der Waals surface area contributed by atoms with Crippen LogP contribution in [0.15, 0.2) is 6.07 Å². The maximum absolute atomic E-state index is 13.6. The average Bonchev–Trinajstić information content (AvgIpc) is 2.72. The zero-order chi connectivity index (χ0) is 12.6. The third-order valence-electron chi connectivity index (χ3n) is 2.93. The number of halogens is 2. The van der Waals surface area contributed by atoms with E-state index in [1.807, 2.05) is 0 Å². The van der Waals surface area contributed by atoms with Crippen molar-refractivity contribution in [3.05, 3.63) is 28.8 Å². The molecule has 2 rings (SSSR count). The zero-order valence-corrected chi connectivity index (χ0v) is 9.30. The fourth-order valence-corrected chi connectivity index (χ4v) is 1.98. The second-order valence-electron chi connectivity index (χ2n) is 4.17. The topological polar surface area (TPSA) is 46.5 Å². The zero-order valence-electron chi connectivity index (χ0n) is 9.30. The van der Waals surface area contributed by atoms with E-state index in [2.05, 4.69) is 0 Å². The Morgan fingerprint density at radius 1 is 1.53 bits per heavy atom. The van der Waals surface area contributed by atoms with Crippen LogP contribution in [-0.2, 0) is 17.6 Å². The van der Waals surface area contributed by atoms with Gasteiger partial charge in [0.05, 0.1) is 12.5 Å². The Morgan fingerprint density at radius 3 is 2.88 bits per heavy atom. The van der Waals surface area contributed by atoms with Gasteiger partial charge in [-0.25, -0.2) is 8.78 Å². The summed E-state index contributed by atoms with van der Waals surface area (Å²) in [7, 11) is 0. The van der Waals surface area contributed by atoms with Crippen molar-refractivity contribution in [3.63, 3.8) is 0 Å². The smallest absolute Gasteiger partial charge is 0.306 e. The fourth-order valence-electron chi connectivity index (χ4n) is 1.98. The number of ether oxygens (including phenoxy) is 1. The van der Waals surface area contributed by atoms with Crippen molar-refractivity contribution in [1.29, 1.82) is 0 Å². The summed E-state index contributed by atoms with van der Waals surface area (Å²) in [5, 5.41) is 8.81. The monoisotopic (exact) mass is 242 g/mol. The highest BCUT2D eigenvalue weighted by Gasteiger charge is 2.26. The predicted molar refractivity (Wildman–Crippen MR) is 56.1 cm³/mol. The van der Waals surface area contributed by atoms with Gasteiger partial charge in [-0.1, -0.05) is 6.92 Å². The van der Waals surface area contributed by atoms with Crippen molar-refractivity contribution in [2.75, 3.05) is 6.61 Å². The summed E-state index contributed by atoms with van der Waals surface area (Å²) in [4.78, 5) is 10.8. The number of carbonyl (C=O) groups is 1. The molecule has 3 nitrogen and oxygen atoms in total. The molecular formula is C12H12F2O3. The molecule has 0 radical (unpaired) electrons. The quantitative estimate of drug-likeness (QED) is 0.883. The molecule has 0 bridgehead atoms. The normalized spacial score (nSPS) is 15.2. The highest BCUT2D eigenvalue weighted by molar-refractivity contribution is 5.70. The lowest BCUT2D eigenvalue weighted by Crippen LogP contribution is -2.14. The molecule has 1 atom stereocenters. The molecular weight excluding hydrogens is 230 g/mol. The van der Waals surface area contributed by atoms with Crippen molar-refractivity contribution in [1.82, 2.24) is 0 Å². The molecule has 0 saturated carbocycles. The maximum Gasteiger partial charge on any atom is 0.306 e. The second-order valence-corrected chi connectivity index (χ2v) is 4.17. The second kappa shape index (κ2) is 4.31. The van der Waals surface area contributed by atoms with Gasteiger partial charge in [-0.15, -0.1) is 0 Å². The molecule has 1 aliphatic heterocycles. The van der Waals surface area contributed by atoms with Gasteiger partial charge in [-0.05, 0) is 12.0 Å². The van der Waals surface area contributed by atoms with E-state index < -0.39 is 23.5 Å². The summed E-state index contributed by atoms with van der Waals surface area (Å²) in [5.74, 6) is -3.05. The summed E-state index contributed by atoms with van der Waals surface area (Å²) in [6, 6.07) is 0.758. The van der Waals surface area contributed by atoms with Crippen LogP contribution in [0.1, 0.15) is 18.1 Å². The van der Waals surface area contributed by atoms with Gasteiger partial charge in [0.15, 0.2) is 11.6 Å². The minimum atomic E-state index is -0.999. The number of rotatable bonds is 3. The lowest BCUT2D eigenvalue weighted by Gasteiger charge is -2.11. The minimum absolute atomic E-state index is 0.0488. The maximum atomic E-state index is 13.6. The Labute approximate surface area is 97.0 Å². The van der Waals surface area contributed by atoms with Crippen LogP contribution in [0.5, 0.6) is 5.75 Å². The van der Waals surface area contributed by atoms with Crippen LogP contribution in [-0.4, -0.2) is 17.7 Å². The van der Waals surface area contributed by atoms with Gasteiger partial charge in [0.25, 0.3) is 0 Å². The molecule has 5 heteroatoms. The van der Waals surface area contributed by atoms with E-state index in [4.69, 9.17) is 9.84 Å². The largest absolute Gasteiger partial charge is 0.490 e. The van der Waals surface area contributed by atoms with Crippen molar-refractivity contribution < 1.29 is 23.4 Å². The molecule has 0 saturated heterocycles. The molecule has 17 heavy (non-hydrogen) atoms. The molecule has 1 unspecified atom stereocenters. The SMILES string of the molecule is CC(Cc1c(F)cc(F)c2c1CCO2)C(=O)O. The van der Waals surface area contributed by atoms with Gasteiger partial charge in [0.2, 0.25) is 0 Å². The number of carboxylic acids is 1. The van der Waals surface area contributed by atoms with E-state index >= 15 is 0 Å². The average molecular weight is 242 g/mol. The highest BCUT2D eigenvalue weighted by Crippen LogP contribution is 2.34. The number of carboxylic acid groups (broad SMARTS) is 1. The van der Waals surface area contributed by atoms with Crippen LogP contribution in [0.25, 0.3) is 0 Å². The Bertz CT molecular complexity index is 471. The van der Waals surface area contributed by atoms with Crippen molar-refractivity contribution in [2.45, 2.75) is 19.8 Å². The van der Waals surface area contributed by atoms with E-state index in [0.29, 0.717) is 18.6 Å². The first-order valence-corrected chi connectivity index (χ1v) is 5.36. The van der Waals surface area contributed by atoms with Crippen molar-refractivity contribution in [2.24, 2.45) is 5.92 Å². The molecule has 0 fully saturated rings. The molecule has 1 aromatic rings. The first-order valence-electron chi connectivity index (χ1n) is 5.36. The third-order valence-corrected chi connectivity index (χ3v) is 2.93. The molecule has 1 aliphatic rings. The van der Waals surface area contributed by atoms with E-state index in [9.17, 15) is 13.6 Å². The Kier molecular flexibility index (Phi) is 3.00. The first-order chi connectivity index (χ1) is 8.00. The summed E-state index contributed by atoms with van der Waals surface area (Å²) >= 11 is 0. The number of aliphatic carboxylic acids is 1. The number of hydrogen-bond acceptors (Lipinski definition) is 2. The van der Waals surface area contributed by atoms with Crippen LogP contribution in [0, 0.1) is 17.6 Å². The standard InChI is InChI=1S/C12H12F2O3/c1-6(12(15)16)4-8-7-2-3-17-11(7)10(14)5-9(8)13/h5-6H,2-4H2,1H3,(H,15,16). The molecule has 0 amide bonds. The van der Waals surface area contributed by atoms with Crippen LogP contribution in [0.3, 0.4) is 0 Å². The number of fused-ring (bicyclic) bond motifs is 1. The number of hydrogen-bond donors (Lipinski definition) is 1. The fraction of sp³-hybridized carbons (Fsp3) is 0.417. The lowest BCUT2D eigenvalue weighted by atomic mass is 9.95. The van der Waals surface area contributed by atoms with Crippen molar-refractivity contribution >= 4 is 5.97 Å². The van der Waals surface area contributed by atoms with Crippen LogP contribution in [0.2, 0.25) is 0 Å². The van der Waals surface area contributed by atoms with Crippen LogP contribution >= 0.6 is 0 Å². The van der Waals surface area contributed by atoms with E-state index in [1.165, 1.54) is 6.92 Å². The molecule has 0 spiro atoms. The molecule has 1 aromatic carbocycles. The Morgan fingerprint density at radius 2 is 2.24 bits per heavy atom. The van der Waals surface area contributed by atoms with Gasteiger partial charge in [0, 0.05) is 18.1 Å². The van der Waals surface area contributed by atoms with E-state index in [1.54, 1.807) is 0 Å². The van der Waals surface area contributed by atoms with Gasteiger partial charge in [-0.2, -0.15) is 0 Å². The highest BCUT2D eigenvalue weighted by atomic mass is 19.1. The van der Waals surface area contributed by atoms with Crippen LogP contribution < -0.4 is 4.74 Å². The van der Waals surface area contributed by atoms with E-state index in [-0.39, 0.29) is 17.7 Å². The number of benzene rings is 1. The third kappa shape index (κ3) is 2.09. The van der Waals surface area contributed by atoms with Gasteiger partial charge >= 0.3 is 5.97 Å². The lowest BCUT2D eigenvalue weighted by molar-refractivity contribution is -0.141. The van der Waals surface area contributed by atoms with Crippen molar-refractivity contribution in [3.8, 4) is 5.75 Å². The van der Waals surface area contributed by atoms with Crippen LogP contribution in [0.4, 0.5) is 8.78 Å². The first kappa shape index (κ1) is 11.8. The van der Waals surface area contributed by atoms with Gasteiger partial charge in [0.1, 0.15) is 5.82 Å².